The Kier molecular flexibility index (Phi) is 6.48. The summed E-state index contributed by atoms with van der Waals surface area (Å²) in [5, 5.41) is 9.73. The number of hydrogen-bond acceptors (Lipinski definition) is 4. The molecular formula is C17H35N3O. The standard InChI is InChI=1S/C17H35N3O/c1-14(2)18-7-5-16(6-8-18)11-20-10-9-19(15(3)4)12-17(20)13-21/h14-17,21H,5-13H2,1-4H3. The van der Waals surface area contributed by atoms with Gasteiger partial charge in [-0.25, -0.2) is 0 Å². The molecule has 0 aliphatic carbocycles. The molecule has 2 aliphatic heterocycles. The number of aliphatic hydroxyl groups excluding tert-OH is 1. The molecule has 2 heterocycles. The van der Waals surface area contributed by atoms with Gasteiger partial charge in [-0.1, -0.05) is 0 Å². The third kappa shape index (κ3) is 4.65. The van der Waals surface area contributed by atoms with Gasteiger partial charge in [0.25, 0.3) is 0 Å². The van der Waals surface area contributed by atoms with Crippen molar-refractivity contribution in [3.8, 4) is 0 Å². The Morgan fingerprint density at radius 2 is 1.52 bits per heavy atom. The molecule has 0 aromatic rings. The fourth-order valence-electron chi connectivity index (χ4n) is 3.78. The SMILES string of the molecule is CC(C)N1CCC(CN2CCN(C(C)C)CC2CO)CC1. The van der Waals surface area contributed by atoms with Crippen LogP contribution >= 0.6 is 0 Å². The van der Waals surface area contributed by atoms with Crippen molar-refractivity contribution in [2.45, 2.75) is 58.7 Å². The van der Waals surface area contributed by atoms with Crippen molar-refractivity contribution in [2.75, 3.05) is 45.9 Å². The van der Waals surface area contributed by atoms with Gasteiger partial charge in [0, 0.05) is 44.3 Å². The van der Waals surface area contributed by atoms with E-state index in [4.69, 9.17) is 0 Å². The van der Waals surface area contributed by atoms with E-state index in [0.29, 0.717) is 24.7 Å². The first-order valence-electron chi connectivity index (χ1n) is 8.84. The molecule has 2 aliphatic rings. The minimum absolute atomic E-state index is 0.300. The molecule has 124 valence electrons. The highest BCUT2D eigenvalue weighted by Crippen LogP contribution is 2.22. The summed E-state index contributed by atoms with van der Waals surface area (Å²) < 4.78 is 0. The fourth-order valence-corrected chi connectivity index (χ4v) is 3.78. The average molecular weight is 297 g/mol. The van der Waals surface area contributed by atoms with E-state index >= 15 is 0 Å². The lowest BCUT2D eigenvalue weighted by Crippen LogP contribution is -2.57. The van der Waals surface area contributed by atoms with Crippen LogP contribution in [0.3, 0.4) is 0 Å². The molecular weight excluding hydrogens is 262 g/mol. The Bertz CT molecular complexity index is 300. The van der Waals surface area contributed by atoms with Crippen molar-refractivity contribution in [3.05, 3.63) is 0 Å². The Hall–Kier alpha value is -0.160. The normalized spacial score (nSPS) is 27.9. The van der Waals surface area contributed by atoms with E-state index in [1.165, 1.54) is 32.5 Å². The van der Waals surface area contributed by atoms with E-state index in [9.17, 15) is 5.11 Å². The van der Waals surface area contributed by atoms with Gasteiger partial charge in [0.1, 0.15) is 0 Å². The number of piperazine rings is 1. The van der Waals surface area contributed by atoms with Gasteiger partial charge in [-0.2, -0.15) is 0 Å². The summed E-state index contributed by atoms with van der Waals surface area (Å²) in [7, 11) is 0. The van der Waals surface area contributed by atoms with Gasteiger partial charge in [-0.15, -0.1) is 0 Å². The van der Waals surface area contributed by atoms with Gasteiger partial charge in [0.2, 0.25) is 0 Å². The summed E-state index contributed by atoms with van der Waals surface area (Å²) in [5.41, 5.74) is 0. The molecule has 4 nitrogen and oxygen atoms in total. The van der Waals surface area contributed by atoms with Crippen molar-refractivity contribution >= 4 is 0 Å². The van der Waals surface area contributed by atoms with Crippen LogP contribution in [0.4, 0.5) is 0 Å². The van der Waals surface area contributed by atoms with Crippen molar-refractivity contribution in [3.63, 3.8) is 0 Å². The zero-order valence-corrected chi connectivity index (χ0v) is 14.5. The summed E-state index contributed by atoms with van der Waals surface area (Å²) in [6.07, 6.45) is 2.64. The van der Waals surface area contributed by atoms with E-state index in [1.807, 2.05) is 0 Å². The predicted molar refractivity (Wildman–Crippen MR) is 88.6 cm³/mol. The first-order chi connectivity index (χ1) is 10.0. The zero-order chi connectivity index (χ0) is 15.4. The van der Waals surface area contributed by atoms with Gasteiger partial charge in [-0.05, 0) is 59.5 Å². The third-order valence-electron chi connectivity index (χ3n) is 5.45. The lowest BCUT2D eigenvalue weighted by atomic mass is 9.94. The van der Waals surface area contributed by atoms with Crippen LogP contribution in [0.2, 0.25) is 0 Å². The van der Waals surface area contributed by atoms with Crippen LogP contribution in [0.25, 0.3) is 0 Å². The molecule has 0 radical (unpaired) electrons. The number of nitrogens with zero attached hydrogens (tertiary/aromatic N) is 3. The summed E-state index contributed by atoms with van der Waals surface area (Å²) >= 11 is 0. The van der Waals surface area contributed by atoms with Crippen molar-refractivity contribution in [1.82, 2.24) is 14.7 Å². The third-order valence-corrected chi connectivity index (χ3v) is 5.45. The monoisotopic (exact) mass is 297 g/mol. The topological polar surface area (TPSA) is 30.0 Å². The molecule has 1 N–H and O–H groups in total. The predicted octanol–water partition coefficient (Wildman–Crippen LogP) is 1.49. The fraction of sp³-hybridized carbons (Fsp3) is 1.00. The Morgan fingerprint density at radius 1 is 0.905 bits per heavy atom. The summed E-state index contributed by atoms with van der Waals surface area (Å²) in [5.74, 6) is 0.819. The second-order valence-corrected chi connectivity index (χ2v) is 7.49. The van der Waals surface area contributed by atoms with Crippen molar-refractivity contribution < 1.29 is 5.11 Å². The highest BCUT2D eigenvalue weighted by molar-refractivity contribution is 4.86. The maximum Gasteiger partial charge on any atom is 0.0599 e. The molecule has 0 aromatic carbocycles. The largest absolute Gasteiger partial charge is 0.395 e. The minimum atomic E-state index is 0.300. The maximum atomic E-state index is 9.73. The Morgan fingerprint density at radius 3 is 2.05 bits per heavy atom. The van der Waals surface area contributed by atoms with Crippen molar-refractivity contribution in [1.29, 1.82) is 0 Å². The number of aliphatic hydroxyl groups is 1. The van der Waals surface area contributed by atoms with Gasteiger partial charge in [-0.3, -0.25) is 9.80 Å². The molecule has 2 rings (SSSR count). The molecule has 2 saturated heterocycles. The van der Waals surface area contributed by atoms with Crippen LogP contribution in [0.15, 0.2) is 0 Å². The summed E-state index contributed by atoms with van der Waals surface area (Å²) in [4.78, 5) is 7.64. The van der Waals surface area contributed by atoms with Crippen LogP contribution in [0, 0.1) is 5.92 Å². The molecule has 4 heteroatoms. The Balaban J connectivity index is 1.80. The first-order valence-corrected chi connectivity index (χ1v) is 8.84. The molecule has 0 amide bonds. The summed E-state index contributed by atoms with van der Waals surface area (Å²) in [6.45, 7) is 16.4. The van der Waals surface area contributed by atoms with Crippen molar-refractivity contribution in [2.24, 2.45) is 5.92 Å². The molecule has 1 unspecified atom stereocenters. The van der Waals surface area contributed by atoms with E-state index in [-0.39, 0.29) is 0 Å². The second-order valence-electron chi connectivity index (χ2n) is 7.49. The minimum Gasteiger partial charge on any atom is -0.395 e. The van der Waals surface area contributed by atoms with Crippen LogP contribution in [-0.2, 0) is 0 Å². The maximum absolute atomic E-state index is 9.73. The van der Waals surface area contributed by atoms with Gasteiger partial charge in [0.15, 0.2) is 0 Å². The lowest BCUT2D eigenvalue weighted by molar-refractivity contribution is 0.0102. The second kappa shape index (κ2) is 7.91. The molecule has 0 aromatic heterocycles. The molecule has 0 saturated carbocycles. The van der Waals surface area contributed by atoms with E-state index in [2.05, 4.69) is 42.4 Å². The van der Waals surface area contributed by atoms with Crippen LogP contribution < -0.4 is 0 Å². The number of piperidine rings is 1. The van der Waals surface area contributed by atoms with Gasteiger partial charge >= 0.3 is 0 Å². The summed E-state index contributed by atoms with van der Waals surface area (Å²) in [6, 6.07) is 1.62. The van der Waals surface area contributed by atoms with Crippen LogP contribution in [0.5, 0.6) is 0 Å². The average Bonchev–Trinajstić information content (AvgIpc) is 2.48. The number of rotatable bonds is 5. The van der Waals surface area contributed by atoms with Gasteiger partial charge in [0.05, 0.1) is 6.61 Å². The van der Waals surface area contributed by atoms with E-state index in [1.54, 1.807) is 0 Å². The molecule has 2 fully saturated rings. The Labute approximate surface area is 131 Å². The van der Waals surface area contributed by atoms with Crippen LogP contribution in [-0.4, -0.2) is 83.8 Å². The van der Waals surface area contributed by atoms with Gasteiger partial charge < -0.3 is 10.0 Å². The quantitative estimate of drug-likeness (QED) is 0.833. The molecule has 0 bridgehead atoms. The number of likely N-dealkylation sites (tertiary alicyclic amines) is 1. The highest BCUT2D eigenvalue weighted by atomic mass is 16.3. The van der Waals surface area contributed by atoms with Crippen LogP contribution in [0.1, 0.15) is 40.5 Å². The highest BCUT2D eigenvalue weighted by Gasteiger charge is 2.30. The zero-order valence-electron chi connectivity index (χ0n) is 14.5. The smallest absolute Gasteiger partial charge is 0.0599 e. The molecule has 21 heavy (non-hydrogen) atoms. The van der Waals surface area contributed by atoms with E-state index < -0.39 is 0 Å². The molecule has 1 atom stereocenters. The van der Waals surface area contributed by atoms with E-state index in [0.717, 1.165) is 25.6 Å². The lowest BCUT2D eigenvalue weighted by Gasteiger charge is -2.44. The molecule has 0 spiro atoms. The number of hydrogen-bond donors (Lipinski definition) is 1. The first kappa shape index (κ1) is 17.2.